The van der Waals surface area contributed by atoms with Crippen LogP contribution in [-0.2, 0) is 9.59 Å². The lowest BCUT2D eigenvalue weighted by atomic mass is 10.0. The molecule has 2 aliphatic rings. The van der Waals surface area contributed by atoms with E-state index in [-0.39, 0.29) is 5.91 Å². The fourth-order valence-corrected chi connectivity index (χ4v) is 3.24. The van der Waals surface area contributed by atoms with E-state index < -0.39 is 12.0 Å². The molecule has 1 saturated heterocycles. The lowest BCUT2D eigenvalue weighted by Gasteiger charge is -2.28. The number of carbonyl (C=O) groups excluding carboxylic acids is 1. The number of rotatable bonds is 3. The summed E-state index contributed by atoms with van der Waals surface area (Å²) in [7, 11) is 0. The van der Waals surface area contributed by atoms with E-state index in [0.29, 0.717) is 25.3 Å². The Morgan fingerprint density at radius 1 is 1.00 bits per heavy atom. The number of hydrogen-bond acceptors (Lipinski definition) is 2. The molecule has 4 nitrogen and oxygen atoms in total. The summed E-state index contributed by atoms with van der Waals surface area (Å²) in [5.41, 5.74) is 0. The SMILES string of the molecule is O=C(O)C1CCCCCN1C(=O)CC1CCCC1. The maximum Gasteiger partial charge on any atom is 0.326 e. The summed E-state index contributed by atoms with van der Waals surface area (Å²) in [4.78, 5) is 25.2. The summed E-state index contributed by atoms with van der Waals surface area (Å²) in [6.07, 6.45) is 8.80. The van der Waals surface area contributed by atoms with Gasteiger partial charge in [0.25, 0.3) is 0 Å². The van der Waals surface area contributed by atoms with Crippen LogP contribution in [0.3, 0.4) is 0 Å². The Kier molecular flexibility index (Phi) is 4.61. The van der Waals surface area contributed by atoms with Crippen molar-refractivity contribution in [1.82, 2.24) is 4.90 Å². The topological polar surface area (TPSA) is 57.6 Å². The van der Waals surface area contributed by atoms with Crippen molar-refractivity contribution in [2.24, 2.45) is 5.92 Å². The number of aliphatic carboxylic acids is 1. The Morgan fingerprint density at radius 3 is 2.33 bits per heavy atom. The molecule has 0 radical (unpaired) electrons. The highest BCUT2D eigenvalue weighted by atomic mass is 16.4. The lowest BCUT2D eigenvalue weighted by Crippen LogP contribution is -2.45. The molecule has 0 aromatic carbocycles. The molecule has 1 amide bonds. The quantitative estimate of drug-likeness (QED) is 0.840. The van der Waals surface area contributed by atoms with Crippen LogP contribution in [0.25, 0.3) is 0 Å². The number of nitrogens with zero attached hydrogens (tertiary/aromatic N) is 1. The first-order valence-electron chi connectivity index (χ1n) is 7.21. The van der Waals surface area contributed by atoms with E-state index in [1.54, 1.807) is 4.90 Å². The average molecular weight is 253 g/mol. The van der Waals surface area contributed by atoms with Crippen LogP contribution < -0.4 is 0 Å². The van der Waals surface area contributed by atoms with Crippen LogP contribution in [-0.4, -0.2) is 34.5 Å². The number of likely N-dealkylation sites (tertiary alicyclic amines) is 1. The molecule has 1 heterocycles. The van der Waals surface area contributed by atoms with Crippen molar-refractivity contribution in [2.75, 3.05) is 6.54 Å². The van der Waals surface area contributed by atoms with Gasteiger partial charge in [0, 0.05) is 13.0 Å². The molecule has 1 atom stereocenters. The minimum atomic E-state index is -0.836. The maximum atomic E-state index is 12.3. The average Bonchev–Trinajstić information content (AvgIpc) is 2.70. The van der Waals surface area contributed by atoms with E-state index in [2.05, 4.69) is 0 Å². The molecule has 2 fully saturated rings. The van der Waals surface area contributed by atoms with Gasteiger partial charge in [0.2, 0.25) is 5.91 Å². The molecule has 1 N–H and O–H groups in total. The van der Waals surface area contributed by atoms with Crippen molar-refractivity contribution in [3.05, 3.63) is 0 Å². The second-order valence-corrected chi connectivity index (χ2v) is 5.65. The zero-order valence-corrected chi connectivity index (χ0v) is 10.9. The van der Waals surface area contributed by atoms with Crippen molar-refractivity contribution in [2.45, 2.75) is 63.8 Å². The van der Waals surface area contributed by atoms with E-state index in [4.69, 9.17) is 0 Å². The molecule has 18 heavy (non-hydrogen) atoms. The molecule has 0 aromatic rings. The van der Waals surface area contributed by atoms with Crippen LogP contribution in [0.15, 0.2) is 0 Å². The molecule has 1 saturated carbocycles. The Morgan fingerprint density at radius 2 is 1.67 bits per heavy atom. The smallest absolute Gasteiger partial charge is 0.326 e. The predicted molar refractivity (Wildman–Crippen MR) is 68.2 cm³/mol. The van der Waals surface area contributed by atoms with Crippen LogP contribution in [0, 0.1) is 5.92 Å². The first kappa shape index (κ1) is 13.4. The van der Waals surface area contributed by atoms with E-state index >= 15 is 0 Å². The van der Waals surface area contributed by atoms with E-state index in [9.17, 15) is 14.7 Å². The fraction of sp³-hybridized carbons (Fsp3) is 0.857. The number of carboxylic acids is 1. The van der Waals surface area contributed by atoms with Crippen LogP contribution >= 0.6 is 0 Å². The molecule has 4 heteroatoms. The molecule has 1 unspecified atom stereocenters. The summed E-state index contributed by atoms with van der Waals surface area (Å²) in [5, 5.41) is 9.25. The van der Waals surface area contributed by atoms with Crippen molar-refractivity contribution >= 4 is 11.9 Å². The van der Waals surface area contributed by atoms with Gasteiger partial charge in [0.05, 0.1) is 0 Å². The first-order chi connectivity index (χ1) is 8.68. The number of carbonyl (C=O) groups is 2. The van der Waals surface area contributed by atoms with Gasteiger partial charge in [-0.1, -0.05) is 25.7 Å². The van der Waals surface area contributed by atoms with E-state index in [1.807, 2.05) is 0 Å². The number of amides is 1. The van der Waals surface area contributed by atoms with Gasteiger partial charge in [-0.05, 0) is 31.6 Å². The van der Waals surface area contributed by atoms with Gasteiger partial charge >= 0.3 is 5.97 Å². The second kappa shape index (κ2) is 6.21. The van der Waals surface area contributed by atoms with Crippen molar-refractivity contribution in [3.8, 4) is 0 Å². The maximum absolute atomic E-state index is 12.3. The van der Waals surface area contributed by atoms with E-state index in [0.717, 1.165) is 32.1 Å². The molecule has 1 aliphatic carbocycles. The zero-order chi connectivity index (χ0) is 13.0. The van der Waals surface area contributed by atoms with Crippen LogP contribution in [0.5, 0.6) is 0 Å². The zero-order valence-electron chi connectivity index (χ0n) is 10.9. The monoisotopic (exact) mass is 253 g/mol. The Balaban J connectivity index is 1.97. The van der Waals surface area contributed by atoms with Crippen LogP contribution in [0.2, 0.25) is 0 Å². The van der Waals surface area contributed by atoms with E-state index in [1.165, 1.54) is 12.8 Å². The Hall–Kier alpha value is -1.06. The Labute approximate surface area is 108 Å². The van der Waals surface area contributed by atoms with Gasteiger partial charge < -0.3 is 10.0 Å². The summed E-state index contributed by atoms with van der Waals surface area (Å²) >= 11 is 0. The van der Waals surface area contributed by atoms with Gasteiger partial charge in [-0.2, -0.15) is 0 Å². The standard InChI is InChI=1S/C14H23NO3/c16-13(10-11-6-3-4-7-11)15-9-5-1-2-8-12(15)14(17)18/h11-12H,1-10H2,(H,17,18). The van der Waals surface area contributed by atoms with Gasteiger partial charge in [-0.25, -0.2) is 4.79 Å². The second-order valence-electron chi connectivity index (χ2n) is 5.65. The third-order valence-corrected chi connectivity index (χ3v) is 4.30. The third-order valence-electron chi connectivity index (χ3n) is 4.30. The normalized spacial score (nSPS) is 26.0. The Bertz CT molecular complexity index is 310. The highest BCUT2D eigenvalue weighted by Crippen LogP contribution is 2.29. The van der Waals surface area contributed by atoms with Gasteiger partial charge in [0.1, 0.15) is 6.04 Å². The highest BCUT2D eigenvalue weighted by Gasteiger charge is 2.32. The molecular weight excluding hydrogens is 230 g/mol. The summed E-state index contributed by atoms with van der Waals surface area (Å²) in [6.45, 7) is 0.628. The molecule has 0 bridgehead atoms. The van der Waals surface area contributed by atoms with Gasteiger partial charge in [-0.3, -0.25) is 4.79 Å². The lowest BCUT2D eigenvalue weighted by molar-refractivity contribution is -0.150. The highest BCUT2D eigenvalue weighted by molar-refractivity contribution is 5.83. The van der Waals surface area contributed by atoms with Crippen molar-refractivity contribution < 1.29 is 14.7 Å². The molecule has 0 spiro atoms. The first-order valence-corrected chi connectivity index (χ1v) is 7.21. The van der Waals surface area contributed by atoms with Crippen molar-refractivity contribution in [1.29, 1.82) is 0 Å². The van der Waals surface area contributed by atoms with Crippen molar-refractivity contribution in [3.63, 3.8) is 0 Å². The largest absolute Gasteiger partial charge is 0.480 e. The molecule has 1 aliphatic heterocycles. The minimum Gasteiger partial charge on any atom is -0.480 e. The molecule has 2 rings (SSSR count). The minimum absolute atomic E-state index is 0.0659. The third kappa shape index (κ3) is 3.24. The van der Waals surface area contributed by atoms with Crippen LogP contribution in [0.4, 0.5) is 0 Å². The van der Waals surface area contributed by atoms with Gasteiger partial charge in [0.15, 0.2) is 0 Å². The molecule has 0 aromatic heterocycles. The summed E-state index contributed by atoms with van der Waals surface area (Å²) in [6, 6.07) is -0.582. The molecular formula is C14H23NO3. The van der Waals surface area contributed by atoms with Crippen LogP contribution in [0.1, 0.15) is 57.8 Å². The summed E-state index contributed by atoms with van der Waals surface area (Å²) < 4.78 is 0. The molecule has 102 valence electrons. The summed E-state index contributed by atoms with van der Waals surface area (Å²) in [5.74, 6) is -0.275. The number of hydrogen-bond donors (Lipinski definition) is 1. The fourth-order valence-electron chi connectivity index (χ4n) is 3.24. The van der Waals surface area contributed by atoms with Gasteiger partial charge in [-0.15, -0.1) is 0 Å². The number of carboxylic acid groups (broad SMARTS) is 1. The predicted octanol–water partition coefficient (Wildman–Crippen LogP) is 2.42.